The molecule has 2 aromatic heterocycles. The number of rotatable bonds is 8. The predicted octanol–water partition coefficient (Wildman–Crippen LogP) is 5.04. The summed E-state index contributed by atoms with van der Waals surface area (Å²) in [4.78, 5) is 36.6. The van der Waals surface area contributed by atoms with Crippen LogP contribution >= 0.6 is 0 Å². The fourth-order valence-corrected chi connectivity index (χ4v) is 5.60. The van der Waals surface area contributed by atoms with Gasteiger partial charge < -0.3 is 20.4 Å². The topological polar surface area (TPSA) is 113 Å². The van der Waals surface area contributed by atoms with Crippen LogP contribution < -0.4 is 26.5 Å². The Morgan fingerprint density at radius 3 is 2.58 bits per heavy atom. The molecule has 1 amide bonds. The van der Waals surface area contributed by atoms with Crippen LogP contribution in [0.4, 0.5) is 20.3 Å². The van der Waals surface area contributed by atoms with Crippen molar-refractivity contribution in [1.29, 1.82) is 0 Å². The number of hydrazine groups is 1. The van der Waals surface area contributed by atoms with E-state index in [0.717, 1.165) is 50.5 Å². The van der Waals surface area contributed by atoms with E-state index in [-0.39, 0.29) is 17.5 Å². The van der Waals surface area contributed by atoms with Gasteiger partial charge in [0.25, 0.3) is 11.5 Å². The van der Waals surface area contributed by atoms with Gasteiger partial charge in [-0.15, -0.1) is 0 Å². The Balaban J connectivity index is 1.16. The summed E-state index contributed by atoms with van der Waals surface area (Å²) in [6.07, 6.45) is 7.41. The lowest BCUT2D eigenvalue weighted by Gasteiger charge is -2.32. The summed E-state index contributed by atoms with van der Waals surface area (Å²) in [5.41, 5.74) is 6.67. The summed E-state index contributed by atoms with van der Waals surface area (Å²) in [7, 11) is 0. The van der Waals surface area contributed by atoms with Gasteiger partial charge in [-0.1, -0.05) is 6.92 Å². The SMILES string of the molecule is CCN1CCC(CC2NNc3nccc(Oc4ccc(NC(=O)c5nccn(-c6ccc(F)cc6)c5=O)cc4F)c32)CC1. The highest BCUT2D eigenvalue weighted by atomic mass is 19.1. The van der Waals surface area contributed by atoms with E-state index in [1.54, 1.807) is 12.3 Å². The second-order valence-corrected chi connectivity index (χ2v) is 10.6. The van der Waals surface area contributed by atoms with Crippen molar-refractivity contribution in [3.63, 3.8) is 0 Å². The molecule has 0 bridgehead atoms. The fourth-order valence-electron chi connectivity index (χ4n) is 5.60. The maximum Gasteiger partial charge on any atom is 0.286 e. The number of pyridine rings is 1. The van der Waals surface area contributed by atoms with Crippen LogP contribution in [0.25, 0.3) is 5.69 Å². The molecule has 0 spiro atoms. The van der Waals surface area contributed by atoms with E-state index < -0.39 is 28.8 Å². The zero-order valence-corrected chi connectivity index (χ0v) is 23.5. The smallest absolute Gasteiger partial charge is 0.286 e. The van der Waals surface area contributed by atoms with Gasteiger partial charge in [0.05, 0.1) is 11.6 Å². The van der Waals surface area contributed by atoms with Crippen molar-refractivity contribution in [3.8, 4) is 17.2 Å². The molecule has 1 unspecified atom stereocenters. The van der Waals surface area contributed by atoms with E-state index in [1.165, 1.54) is 53.4 Å². The van der Waals surface area contributed by atoms with Crippen LogP contribution in [0.15, 0.2) is 71.9 Å². The van der Waals surface area contributed by atoms with Crippen molar-refractivity contribution in [1.82, 2.24) is 24.9 Å². The Morgan fingerprint density at radius 2 is 1.84 bits per heavy atom. The van der Waals surface area contributed by atoms with E-state index in [4.69, 9.17) is 4.74 Å². The fraction of sp³-hybridized carbons (Fsp3) is 0.290. The van der Waals surface area contributed by atoms with Gasteiger partial charge in [-0.3, -0.25) is 14.2 Å². The number of nitrogens with one attached hydrogen (secondary N) is 3. The molecule has 2 aliphatic rings. The number of carbonyl (C=O) groups is 1. The lowest BCUT2D eigenvalue weighted by Crippen LogP contribution is -2.34. The second kappa shape index (κ2) is 12.3. The summed E-state index contributed by atoms with van der Waals surface area (Å²) in [5, 5.41) is 2.52. The predicted molar refractivity (Wildman–Crippen MR) is 157 cm³/mol. The van der Waals surface area contributed by atoms with E-state index in [9.17, 15) is 14.0 Å². The number of amides is 1. The molecule has 12 heteroatoms. The van der Waals surface area contributed by atoms with Crippen molar-refractivity contribution in [2.45, 2.75) is 32.2 Å². The number of benzene rings is 2. The number of carbonyl (C=O) groups excluding carboxylic acids is 1. The molecule has 222 valence electrons. The minimum absolute atomic E-state index is 0.0233. The van der Waals surface area contributed by atoms with Crippen LogP contribution in [0.1, 0.15) is 48.3 Å². The molecule has 0 saturated carbocycles. The van der Waals surface area contributed by atoms with Crippen molar-refractivity contribution >= 4 is 17.4 Å². The number of piperidine rings is 1. The molecule has 1 atom stereocenters. The van der Waals surface area contributed by atoms with E-state index in [1.807, 2.05) is 0 Å². The largest absolute Gasteiger partial charge is 0.454 e. The van der Waals surface area contributed by atoms with Crippen LogP contribution in [-0.4, -0.2) is 45.0 Å². The highest BCUT2D eigenvalue weighted by molar-refractivity contribution is 6.02. The van der Waals surface area contributed by atoms with Crippen molar-refractivity contribution < 1.29 is 18.3 Å². The summed E-state index contributed by atoms with van der Waals surface area (Å²) >= 11 is 0. The molecule has 4 heterocycles. The average Bonchev–Trinajstić information content (AvgIpc) is 3.43. The first-order valence-electron chi connectivity index (χ1n) is 14.2. The Hall–Kier alpha value is -4.68. The van der Waals surface area contributed by atoms with Crippen molar-refractivity contribution in [3.05, 3.63) is 100 Å². The summed E-state index contributed by atoms with van der Waals surface area (Å²) < 4.78 is 35.8. The maximum atomic E-state index is 15.2. The third kappa shape index (κ3) is 6.11. The molecule has 2 aromatic carbocycles. The molecule has 10 nitrogen and oxygen atoms in total. The van der Waals surface area contributed by atoms with Crippen LogP contribution in [0.3, 0.4) is 0 Å². The summed E-state index contributed by atoms with van der Waals surface area (Å²) in [5.74, 6) is -0.294. The minimum Gasteiger partial charge on any atom is -0.454 e. The van der Waals surface area contributed by atoms with Crippen molar-refractivity contribution in [2.75, 3.05) is 30.4 Å². The summed E-state index contributed by atoms with van der Waals surface area (Å²) in [6.45, 7) is 5.42. The van der Waals surface area contributed by atoms with Crippen molar-refractivity contribution in [2.24, 2.45) is 5.92 Å². The summed E-state index contributed by atoms with van der Waals surface area (Å²) in [6, 6.07) is 10.9. The van der Waals surface area contributed by atoms with Crippen LogP contribution in [-0.2, 0) is 0 Å². The molecule has 6 rings (SSSR count). The lowest BCUT2D eigenvalue weighted by atomic mass is 9.88. The Kier molecular flexibility index (Phi) is 8.12. The number of likely N-dealkylation sites (tertiary alicyclic amines) is 1. The van der Waals surface area contributed by atoms with Crippen LogP contribution in [0, 0.1) is 17.6 Å². The molecule has 2 aliphatic heterocycles. The van der Waals surface area contributed by atoms with Gasteiger partial charge in [-0.05, 0) is 87.3 Å². The minimum atomic E-state index is -0.814. The zero-order valence-electron chi connectivity index (χ0n) is 23.5. The first-order chi connectivity index (χ1) is 20.9. The third-order valence-corrected chi connectivity index (χ3v) is 7.96. The van der Waals surface area contributed by atoms with Crippen LogP contribution in [0.2, 0.25) is 0 Å². The van der Waals surface area contributed by atoms with Gasteiger partial charge in [0.15, 0.2) is 17.3 Å². The lowest BCUT2D eigenvalue weighted by molar-refractivity contribution is 0.102. The molecule has 1 fully saturated rings. The molecule has 1 saturated heterocycles. The zero-order chi connectivity index (χ0) is 29.9. The van der Waals surface area contributed by atoms with Crippen LogP contribution in [0.5, 0.6) is 11.5 Å². The van der Waals surface area contributed by atoms with E-state index in [0.29, 0.717) is 23.2 Å². The third-order valence-electron chi connectivity index (χ3n) is 7.96. The average molecular weight is 588 g/mol. The highest BCUT2D eigenvalue weighted by Crippen LogP contribution is 2.41. The molecule has 0 radical (unpaired) electrons. The molecular formula is C31H31F2N7O3. The van der Waals surface area contributed by atoms with E-state index >= 15 is 4.39 Å². The second-order valence-electron chi connectivity index (χ2n) is 10.6. The molecule has 4 aromatic rings. The van der Waals surface area contributed by atoms with Gasteiger partial charge in [-0.2, -0.15) is 0 Å². The Morgan fingerprint density at radius 1 is 1.05 bits per heavy atom. The standard InChI is InChI=1S/C31H31F2N7O3/c1-2-39-14-10-19(11-15-39)17-24-27-26(9-12-35-29(27)38-37-24)43-25-8-5-21(18-23(25)33)36-30(41)28-31(42)40(16-13-34-28)22-6-3-20(32)4-7-22/h3-9,12-13,16,18-19,24,37H,2,10-11,14-15,17H2,1H3,(H,35,38)(H,36,41). The molecular weight excluding hydrogens is 556 g/mol. The number of hydrogen-bond donors (Lipinski definition) is 3. The Labute approximate surface area is 246 Å². The number of nitrogens with zero attached hydrogens (tertiary/aromatic N) is 4. The number of fused-ring (bicyclic) bond motifs is 1. The van der Waals surface area contributed by atoms with Gasteiger partial charge in [0, 0.05) is 36.0 Å². The molecule has 3 N–H and O–H groups in total. The number of aromatic nitrogens is 3. The monoisotopic (exact) mass is 587 g/mol. The highest BCUT2D eigenvalue weighted by Gasteiger charge is 2.31. The first-order valence-corrected chi connectivity index (χ1v) is 14.2. The van der Waals surface area contributed by atoms with Gasteiger partial charge in [-0.25, -0.2) is 24.2 Å². The quantitative estimate of drug-likeness (QED) is 0.263. The Bertz CT molecular complexity index is 1690. The first kappa shape index (κ1) is 28.4. The van der Waals surface area contributed by atoms with E-state index in [2.05, 4.69) is 38.0 Å². The molecule has 0 aliphatic carbocycles. The molecule has 43 heavy (non-hydrogen) atoms. The van der Waals surface area contributed by atoms with Gasteiger partial charge in [0.2, 0.25) is 0 Å². The maximum absolute atomic E-state index is 15.2. The number of hydrogen-bond acceptors (Lipinski definition) is 8. The normalized spacial score (nSPS) is 16.9. The number of halogens is 2. The van der Waals surface area contributed by atoms with Gasteiger partial charge in [0.1, 0.15) is 17.4 Å². The number of anilines is 2. The van der Waals surface area contributed by atoms with Gasteiger partial charge >= 0.3 is 0 Å². The number of ether oxygens (including phenoxy) is 1.